The summed E-state index contributed by atoms with van der Waals surface area (Å²) in [6.07, 6.45) is 0. The molecule has 0 aliphatic rings. The number of carbonyl (C=O) groups is 1. The van der Waals surface area contributed by atoms with Crippen LogP contribution in [0.5, 0.6) is 0 Å². The maximum Gasteiger partial charge on any atom is 0.265 e. The molecule has 2 aromatic carbocycles. The number of aryl methyl sites for hydroxylation is 1. The summed E-state index contributed by atoms with van der Waals surface area (Å²) in [4.78, 5) is 26.5. The van der Waals surface area contributed by atoms with Crippen LogP contribution in [-0.2, 0) is 16.6 Å². The van der Waals surface area contributed by atoms with Crippen LogP contribution < -0.4 is 10.9 Å². The van der Waals surface area contributed by atoms with E-state index in [0.717, 1.165) is 15.6 Å². The Balaban J connectivity index is 1.66. The van der Waals surface area contributed by atoms with E-state index in [2.05, 4.69) is 5.32 Å². The van der Waals surface area contributed by atoms with Crippen LogP contribution in [0, 0.1) is 0 Å². The number of rotatable bonds is 7. The standard InChI is InChI=1S/C24H25N3O4S2/c1-4-26(5-2)33(30,31)17-13-11-16(12-14-17)25-23(28)21-15-19-22(32-21)18-9-7-8-10-20(18)27(6-3)24(19)29/h7-15H,4-6H2,1-3H3,(H,25,28). The van der Waals surface area contributed by atoms with Gasteiger partial charge in [-0.2, -0.15) is 4.31 Å². The molecule has 1 amide bonds. The fraction of sp³-hybridized carbons (Fsp3) is 0.250. The summed E-state index contributed by atoms with van der Waals surface area (Å²) in [6.45, 7) is 6.81. The van der Waals surface area contributed by atoms with Gasteiger partial charge in [-0.25, -0.2) is 8.42 Å². The molecule has 0 unspecified atom stereocenters. The van der Waals surface area contributed by atoms with Gasteiger partial charge in [-0.3, -0.25) is 9.59 Å². The van der Waals surface area contributed by atoms with Crippen molar-refractivity contribution in [3.8, 4) is 0 Å². The van der Waals surface area contributed by atoms with Crippen LogP contribution in [-0.4, -0.2) is 36.3 Å². The smallest absolute Gasteiger partial charge is 0.265 e. The lowest BCUT2D eigenvalue weighted by Crippen LogP contribution is -2.30. The minimum Gasteiger partial charge on any atom is -0.321 e. The van der Waals surface area contributed by atoms with Gasteiger partial charge in [-0.15, -0.1) is 11.3 Å². The number of benzene rings is 2. The van der Waals surface area contributed by atoms with E-state index in [4.69, 9.17) is 0 Å². The third-order valence-electron chi connectivity index (χ3n) is 5.64. The first-order chi connectivity index (χ1) is 15.8. The van der Waals surface area contributed by atoms with E-state index < -0.39 is 10.0 Å². The molecular formula is C24H25N3O4S2. The van der Waals surface area contributed by atoms with E-state index in [1.165, 1.54) is 27.8 Å². The molecule has 0 bridgehead atoms. The number of para-hydroxylation sites is 1. The second kappa shape index (κ2) is 9.09. The summed E-state index contributed by atoms with van der Waals surface area (Å²) < 4.78 is 29.2. The van der Waals surface area contributed by atoms with Crippen molar-refractivity contribution >= 4 is 53.9 Å². The first-order valence-corrected chi connectivity index (χ1v) is 13.0. The predicted molar refractivity (Wildman–Crippen MR) is 134 cm³/mol. The van der Waals surface area contributed by atoms with Gasteiger partial charge in [-0.1, -0.05) is 32.0 Å². The summed E-state index contributed by atoms with van der Waals surface area (Å²) in [5.74, 6) is -0.345. The first-order valence-electron chi connectivity index (χ1n) is 10.8. The molecule has 7 nitrogen and oxygen atoms in total. The Bertz CT molecular complexity index is 1500. The number of sulfonamides is 1. The van der Waals surface area contributed by atoms with Crippen LogP contribution in [0.25, 0.3) is 21.0 Å². The zero-order valence-corrected chi connectivity index (χ0v) is 20.3. The number of nitrogens with one attached hydrogen (secondary N) is 1. The van der Waals surface area contributed by atoms with Crippen molar-refractivity contribution in [1.82, 2.24) is 8.87 Å². The van der Waals surface area contributed by atoms with Gasteiger partial charge < -0.3 is 9.88 Å². The normalized spacial score (nSPS) is 12.0. The summed E-state index contributed by atoms with van der Waals surface area (Å²) in [5, 5.41) is 4.26. The minimum atomic E-state index is -3.56. The van der Waals surface area contributed by atoms with Crippen LogP contribution in [0.1, 0.15) is 30.4 Å². The van der Waals surface area contributed by atoms with Crippen molar-refractivity contribution in [2.75, 3.05) is 18.4 Å². The number of hydrogen-bond donors (Lipinski definition) is 1. The highest BCUT2D eigenvalue weighted by atomic mass is 32.2. The second-order valence-corrected chi connectivity index (χ2v) is 10.5. The van der Waals surface area contributed by atoms with E-state index in [9.17, 15) is 18.0 Å². The summed E-state index contributed by atoms with van der Waals surface area (Å²) >= 11 is 1.28. The Morgan fingerprint density at radius 1 is 1.00 bits per heavy atom. The van der Waals surface area contributed by atoms with E-state index >= 15 is 0 Å². The van der Waals surface area contributed by atoms with Gasteiger partial charge in [0, 0.05) is 35.4 Å². The van der Waals surface area contributed by atoms with Crippen LogP contribution >= 0.6 is 11.3 Å². The lowest BCUT2D eigenvalue weighted by Gasteiger charge is -2.18. The third-order valence-corrected chi connectivity index (χ3v) is 8.87. The number of amides is 1. The summed E-state index contributed by atoms with van der Waals surface area (Å²) in [7, 11) is -3.56. The van der Waals surface area contributed by atoms with Crippen LogP contribution in [0.15, 0.2) is 64.3 Å². The predicted octanol–water partition coefficient (Wildman–Crippen LogP) is 4.52. The van der Waals surface area contributed by atoms with Crippen molar-refractivity contribution < 1.29 is 13.2 Å². The van der Waals surface area contributed by atoms with Gasteiger partial charge in [0.25, 0.3) is 11.5 Å². The molecule has 0 saturated heterocycles. The Morgan fingerprint density at radius 3 is 2.30 bits per heavy atom. The quantitative estimate of drug-likeness (QED) is 0.419. The van der Waals surface area contributed by atoms with Crippen molar-refractivity contribution in [3.05, 3.63) is 69.8 Å². The van der Waals surface area contributed by atoms with E-state index in [-0.39, 0.29) is 16.4 Å². The largest absolute Gasteiger partial charge is 0.321 e. The number of pyridine rings is 1. The number of carbonyl (C=O) groups excluding carboxylic acids is 1. The average molecular weight is 484 g/mol. The van der Waals surface area contributed by atoms with E-state index in [1.807, 2.05) is 31.2 Å². The minimum absolute atomic E-state index is 0.118. The van der Waals surface area contributed by atoms with E-state index in [0.29, 0.717) is 35.6 Å². The van der Waals surface area contributed by atoms with E-state index in [1.54, 1.807) is 36.6 Å². The van der Waals surface area contributed by atoms with Crippen molar-refractivity contribution in [2.24, 2.45) is 0 Å². The lowest BCUT2D eigenvalue weighted by atomic mass is 10.1. The van der Waals surface area contributed by atoms with Gasteiger partial charge in [0.2, 0.25) is 10.0 Å². The SMILES string of the molecule is CCN(CC)S(=O)(=O)c1ccc(NC(=O)c2cc3c(=O)n(CC)c4ccccc4c3s2)cc1. The fourth-order valence-electron chi connectivity index (χ4n) is 3.95. The highest BCUT2D eigenvalue weighted by Gasteiger charge is 2.22. The number of thiophene rings is 1. The Kier molecular flexibility index (Phi) is 6.38. The molecule has 0 fully saturated rings. The molecule has 1 N–H and O–H groups in total. The average Bonchev–Trinajstić information content (AvgIpc) is 3.27. The number of fused-ring (bicyclic) bond motifs is 3. The van der Waals surface area contributed by atoms with Crippen LogP contribution in [0.2, 0.25) is 0 Å². The number of anilines is 1. The summed E-state index contributed by atoms with van der Waals surface area (Å²) in [6, 6.07) is 15.4. The Morgan fingerprint density at radius 2 is 1.67 bits per heavy atom. The molecule has 0 saturated carbocycles. The van der Waals surface area contributed by atoms with Gasteiger partial charge in [0.15, 0.2) is 0 Å². The molecule has 33 heavy (non-hydrogen) atoms. The Labute approximate surface area is 196 Å². The van der Waals surface area contributed by atoms with Gasteiger partial charge in [0.05, 0.1) is 20.7 Å². The third kappa shape index (κ3) is 4.07. The van der Waals surface area contributed by atoms with Gasteiger partial charge in [-0.05, 0) is 43.3 Å². The molecule has 0 radical (unpaired) electrons. The highest BCUT2D eigenvalue weighted by molar-refractivity contribution is 7.89. The number of hydrogen-bond acceptors (Lipinski definition) is 5. The van der Waals surface area contributed by atoms with Crippen molar-refractivity contribution in [1.29, 1.82) is 0 Å². The molecule has 0 aliphatic carbocycles. The zero-order valence-electron chi connectivity index (χ0n) is 18.7. The second-order valence-electron chi connectivity index (χ2n) is 7.49. The maximum atomic E-state index is 13.0. The molecular weight excluding hydrogens is 458 g/mol. The summed E-state index contributed by atoms with van der Waals surface area (Å²) in [5.41, 5.74) is 1.20. The van der Waals surface area contributed by atoms with Gasteiger partial charge >= 0.3 is 0 Å². The molecule has 4 rings (SSSR count). The number of aromatic nitrogens is 1. The molecule has 0 atom stereocenters. The molecule has 2 aromatic heterocycles. The fourth-order valence-corrected chi connectivity index (χ4v) is 6.48. The maximum absolute atomic E-state index is 13.0. The molecule has 9 heteroatoms. The van der Waals surface area contributed by atoms with Crippen LogP contribution in [0.4, 0.5) is 5.69 Å². The van der Waals surface area contributed by atoms with Crippen LogP contribution in [0.3, 0.4) is 0 Å². The lowest BCUT2D eigenvalue weighted by molar-refractivity contribution is 0.103. The molecule has 0 aliphatic heterocycles. The number of nitrogens with zero attached hydrogens (tertiary/aromatic N) is 2. The molecule has 4 aromatic rings. The van der Waals surface area contributed by atoms with Gasteiger partial charge in [0.1, 0.15) is 0 Å². The van der Waals surface area contributed by atoms with Crippen molar-refractivity contribution in [2.45, 2.75) is 32.2 Å². The molecule has 0 spiro atoms. The van der Waals surface area contributed by atoms with Crippen molar-refractivity contribution in [3.63, 3.8) is 0 Å². The Hall–Kier alpha value is -3.01. The molecule has 172 valence electrons. The zero-order chi connectivity index (χ0) is 23.8. The molecule has 2 heterocycles. The highest BCUT2D eigenvalue weighted by Crippen LogP contribution is 2.31. The topological polar surface area (TPSA) is 88.5 Å². The first kappa shape index (κ1) is 23.2. The monoisotopic (exact) mass is 483 g/mol.